The first kappa shape index (κ1) is 18.9. The predicted molar refractivity (Wildman–Crippen MR) is 94.1 cm³/mol. The van der Waals surface area contributed by atoms with E-state index in [0.29, 0.717) is 12.3 Å². The van der Waals surface area contributed by atoms with E-state index in [-0.39, 0.29) is 16.8 Å². The number of carbonyl (C=O) groups excluding carboxylic acids is 1. The minimum Gasteiger partial charge on any atom is -0.350 e. The van der Waals surface area contributed by atoms with E-state index in [1.54, 1.807) is 18.2 Å². The Hall–Kier alpha value is -1.44. The smallest absolute Gasteiger partial charge is 0.240 e. The van der Waals surface area contributed by atoms with Crippen molar-refractivity contribution in [2.45, 2.75) is 43.5 Å². The SMILES string of the molecule is CNS(=O)(=O)c1cccc(C(C)NC(=O)CCC2CCNCC2)c1. The van der Waals surface area contributed by atoms with Crippen LogP contribution >= 0.6 is 0 Å². The van der Waals surface area contributed by atoms with Gasteiger partial charge in [0.05, 0.1) is 10.9 Å². The van der Waals surface area contributed by atoms with Gasteiger partial charge in [0.15, 0.2) is 0 Å². The van der Waals surface area contributed by atoms with E-state index >= 15 is 0 Å². The molecule has 1 heterocycles. The molecule has 6 nitrogen and oxygen atoms in total. The maximum Gasteiger partial charge on any atom is 0.240 e. The highest BCUT2D eigenvalue weighted by molar-refractivity contribution is 7.89. The summed E-state index contributed by atoms with van der Waals surface area (Å²) in [6.07, 6.45) is 3.69. The first-order chi connectivity index (χ1) is 11.4. The second kappa shape index (κ2) is 8.60. The van der Waals surface area contributed by atoms with E-state index in [0.717, 1.165) is 37.9 Å². The van der Waals surface area contributed by atoms with Crippen molar-refractivity contribution in [3.63, 3.8) is 0 Å². The number of piperidine rings is 1. The van der Waals surface area contributed by atoms with E-state index in [4.69, 9.17) is 0 Å². The maximum atomic E-state index is 12.2. The zero-order chi connectivity index (χ0) is 17.6. The Balaban J connectivity index is 1.90. The van der Waals surface area contributed by atoms with Crippen LogP contribution in [0.4, 0.5) is 0 Å². The molecule has 1 atom stereocenters. The summed E-state index contributed by atoms with van der Waals surface area (Å²) < 4.78 is 26.0. The molecule has 1 amide bonds. The average Bonchev–Trinajstić information content (AvgIpc) is 2.61. The van der Waals surface area contributed by atoms with Gasteiger partial charge in [0.1, 0.15) is 0 Å². The van der Waals surface area contributed by atoms with Gasteiger partial charge in [-0.1, -0.05) is 12.1 Å². The number of amides is 1. The van der Waals surface area contributed by atoms with Gasteiger partial charge in [-0.05, 0) is 69.9 Å². The summed E-state index contributed by atoms with van der Waals surface area (Å²) in [5, 5.41) is 6.29. The normalized spacial score (nSPS) is 17.4. The van der Waals surface area contributed by atoms with Gasteiger partial charge in [0.2, 0.25) is 15.9 Å². The minimum absolute atomic E-state index is 0.0166. The second-order valence-electron chi connectivity index (χ2n) is 6.30. The fraction of sp³-hybridized carbons (Fsp3) is 0.588. The summed E-state index contributed by atoms with van der Waals surface area (Å²) in [6.45, 7) is 3.94. The second-order valence-corrected chi connectivity index (χ2v) is 8.19. The molecule has 24 heavy (non-hydrogen) atoms. The predicted octanol–water partition coefficient (Wildman–Crippen LogP) is 1.55. The molecule has 1 aliphatic rings. The number of nitrogens with one attached hydrogen (secondary N) is 3. The molecular formula is C17H27N3O3S. The highest BCUT2D eigenvalue weighted by Gasteiger charge is 2.17. The monoisotopic (exact) mass is 353 g/mol. The van der Waals surface area contributed by atoms with Crippen molar-refractivity contribution in [1.29, 1.82) is 0 Å². The third-order valence-electron chi connectivity index (χ3n) is 4.55. The van der Waals surface area contributed by atoms with Gasteiger partial charge in [-0.2, -0.15) is 0 Å². The maximum absolute atomic E-state index is 12.2. The van der Waals surface area contributed by atoms with Crippen LogP contribution in [0, 0.1) is 5.92 Å². The number of hydrogen-bond donors (Lipinski definition) is 3. The highest BCUT2D eigenvalue weighted by atomic mass is 32.2. The fourth-order valence-corrected chi connectivity index (χ4v) is 3.76. The van der Waals surface area contributed by atoms with Crippen LogP contribution in [-0.4, -0.2) is 34.5 Å². The molecule has 1 aromatic carbocycles. The fourth-order valence-electron chi connectivity index (χ4n) is 2.97. The van der Waals surface area contributed by atoms with Crippen molar-refractivity contribution in [2.75, 3.05) is 20.1 Å². The quantitative estimate of drug-likeness (QED) is 0.694. The number of rotatable bonds is 7. The summed E-state index contributed by atoms with van der Waals surface area (Å²) in [4.78, 5) is 12.4. The van der Waals surface area contributed by atoms with Gasteiger partial charge in [0.25, 0.3) is 0 Å². The summed E-state index contributed by atoms with van der Waals surface area (Å²) in [5.41, 5.74) is 0.779. The molecule has 0 bridgehead atoms. The molecule has 0 radical (unpaired) electrons. The van der Waals surface area contributed by atoms with E-state index < -0.39 is 10.0 Å². The Kier molecular flexibility index (Phi) is 6.77. The molecular weight excluding hydrogens is 326 g/mol. The van der Waals surface area contributed by atoms with Gasteiger partial charge in [0, 0.05) is 6.42 Å². The largest absolute Gasteiger partial charge is 0.350 e. The third kappa shape index (κ3) is 5.29. The number of hydrogen-bond acceptors (Lipinski definition) is 4. The topological polar surface area (TPSA) is 87.3 Å². The lowest BCUT2D eigenvalue weighted by Crippen LogP contribution is -2.30. The lowest BCUT2D eigenvalue weighted by Gasteiger charge is -2.22. The van der Waals surface area contributed by atoms with Crippen molar-refractivity contribution in [3.8, 4) is 0 Å². The van der Waals surface area contributed by atoms with Crippen LogP contribution in [0.15, 0.2) is 29.2 Å². The van der Waals surface area contributed by atoms with E-state index in [9.17, 15) is 13.2 Å². The Morgan fingerprint density at radius 2 is 2.04 bits per heavy atom. The van der Waals surface area contributed by atoms with Crippen LogP contribution in [0.5, 0.6) is 0 Å². The highest BCUT2D eigenvalue weighted by Crippen LogP contribution is 2.20. The Labute approximate surface area is 144 Å². The van der Waals surface area contributed by atoms with Crippen molar-refractivity contribution < 1.29 is 13.2 Å². The molecule has 1 saturated heterocycles. The van der Waals surface area contributed by atoms with Crippen LogP contribution in [0.2, 0.25) is 0 Å². The first-order valence-corrected chi connectivity index (χ1v) is 9.94. The lowest BCUT2D eigenvalue weighted by molar-refractivity contribution is -0.122. The molecule has 1 unspecified atom stereocenters. The van der Waals surface area contributed by atoms with Crippen LogP contribution < -0.4 is 15.4 Å². The Morgan fingerprint density at radius 1 is 1.33 bits per heavy atom. The van der Waals surface area contributed by atoms with Gasteiger partial charge >= 0.3 is 0 Å². The number of sulfonamides is 1. The van der Waals surface area contributed by atoms with Gasteiger partial charge in [-0.3, -0.25) is 4.79 Å². The van der Waals surface area contributed by atoms with Crippen molar-refractivity contribution in [3.05, 3.63) is 29.8 Å². The van der Waals surface area contributed by atoms with Gasteiger partial charge in [-0.15, -0.1) is 0 Å². The van der Waals surface area contributed by atoms with E-state index in [1.807, 2.05) is 13.0 Å². The van der Waals surface area contributed by atoms with Gasteiger partial charge < -0.3 is 10.6 Å². The van der Waals surface area contributed by atoms with Crippen LogP contribution in [0.25, 0.3) is 0 Å². The number of carbonyl (C=O) groups is 1. The molecule has 1 aromatic rings. The third-order valence-corrected chi connectivity index (χ3v) is 5.96. The molecule has 3 N–H and O–H groups in total. The summed E-state index contributed by atoms with van der Waals surface area (Å²) >= 11 is 0. The lowest BCUT2D eigenvalue weighted by atomic mass is 9.93. The molecule has 0 aromatic heterocycles. The van der Waals surface area contributed by atoms with Crippen molar-refractivity contribution in [1.82, 2.24) is 15.4 Å². The average molecular weight is 353 g/mol. The first-order valence-electron chi connectivity index (χ1n) is 8.46. The standard InChI is InChI=1S/C17H27N3O3S/c1-13(15-4-3-5-16(12-15)24(22,23)18-2)20-17(21)7-6-14-8-10-19-11-9-14/h3-5,12-14,18-19H,6-11H2,1-2H3,(H,20,21). The van der Waals surface area contributed by atoms with Crippen molar-refractivity contribution >= 4 is 15.9 Å². The molecule has 1 aliphatic heterocycles. The summed E-state index contributed by atoms with van der Waals surface area (Å²) in [5.74, 6) is 0.638. The van der Waals surface area contributed by atoms with Gasteiger partial charge in [-0.25, -0.2) is 13.1 Å². The van der Waals surface area contributed by atoms with Crippen molar-refractivity contribution in [2.24, 2.45) is 5.92 Å². The molecule has 134 valence electrons. The van der Waals surface area contributed by atoms with E-state index in [2.05, 4.69) is 15.4 Å². The zero-order valence-corrected chi connectivity index (χ0v) is 15.2. The Morgan fingerprint density at radius 3 is 2.71 bits per heavy atom. The van der Waals surface area contributed by atoms with E-state index in [1.165, 1.54) is 7.05 Å². The molecule has 0 aliphatic carbocycles. The molecule has 2 rings (SSSR count). The minimum atomic E-state index is -3.48. The molecule has 0 saturated carbocycles. The van der Waals surface area contributed by atoms with Crippen LogP contribution in [-0.2, 0) is 14.8 Å². The molecule has 7 heteroatoms. The number of benzene rings is 1. The molecule has 0 spiro atoms. The summed E-state index contributed by atoms with van der Waals surface area (Å²) in [6, 6.07) is 6.44. The van der Waals surface area contributed by atoms with Crippen LogP contribution in [0.1, 0.15) is 44.2 Å². The molecule has 1 fully saturated rings. The Bertz CT molecular complexity index is 655. The zero-order valence-electron chi connectivity index (χ0n) is 14.3. The van der Waals surface area contributed by atoms with Crippen LogP contribution in [0.3, 0.4) is 0 Å². The summed E-state index contributed by atoms with van der Waals surface area (Å²) in [7, 11) is -2.09.